The zero-order valence-corrected chi connectivity index (χ0v) is 11.6. The van der Waals surface area contributed by atoms with Crippen molar-refractivity contribution >= 4 is 11.5 Å². The lowest BCUT2D eigenvalue weighted by atomic mass is 9.96. The molecule has 1 aliphatic rings. The summed E-state index contributed by atoms with van der Waals surface area (Å²) < 4.78 is 1.80. The molecule has 0 atom stereocenters. The van der Waals surface area contributed by atoms with Crippen LogP contribution in [0.3, 0.4) is 0 Å². The number of rotatable bonds is 3. The van der Waals surface area contributed by atoms with Gasteiger partial charge in [-0.2, -0.15) is 0 Å². The lowest BCUT2D eigenvalue weighted by Crippen LogP contribution is -2.33. The van der Waals surface area contributed by atoms with Gasteiger partial charge in [0.1, 0.15) is 11.5 Å². The summed E-state index contributed by atoms with van der Waals surface area (Å²) in [6.07, 6.45) is 3.86. The topological polar surface area (TPSA) is 57.8 Å². The van der Waals surface area contributed by atoms with Gasteiger partial charge < -0.3 is 10.0 Å². The molecule has 3 heterocycles. The number of nitrogens with zero attached hydrogens (tertiary/aromatic N) is 3. The molecule has 0 unspecified atom stereocenters. The highest BCUT2D eigenvalue weighted by Gasteiger charge is 2.24. The van der Waals surface area contributed by atoms with Crippen LogP contribution in [0.2, 0.25) is 0 Å². The summed E-state index contributed by atoms with van der Waals surface area (Å²) in [4.78, 5) is 18.3. The molecule has 0 saturated carbocycles. The monoisotopic (exact) mass is 273 g/mol. The predicted molar refractivity (Wildman–Crippen MR) is 76.2 cm³/mol. The first kappa shape index (κ1) is 13.1. The van der Waals surface area contributed by atoms with E-state index in [1.165, 1.54) is 0 Å². The number of carboxylic acid groups (broad SMARTS) is 1. The third-order valence-corrected chi connectivity index (χ3v) is 4.20. The average molecular weight is 273 g/mol. The fourth-order valence-corrected chi connectivity index (χ4v) is 3.03. The molecule has 1 N–H and O–H groups in total. The summed E-state index contributed by atoms with van der Waals surface area (Å²) in [5.41, 5.74) is 1.16. The first-order valence-electron chi connectivity index (χ1n) is 7.12. The van der Waals surface area contributed by atoms with E-state index >= 15 is 0 Å². The van der Waals surface area contributed by atoms with Gasteiger partial charge in [0.15, 0.2) is 0 Å². The molecule has 0 bridgehead atoms. The van der Waals surface area contributed by atoms with E-state index < -0.39 is 5.97 Å². The van der Waals surface area contributed by atoms with E-state index in [-0.39, 0.29) is 0 Å². The smallest absolute Gasteiger partial charge is 0.352 e. The molecule has 1 aliphatic heterocycles. The number of hydrogen-bond acceptors (Lipinski definition) is 3. The standard InChI is InChI=1S/C15H19N3O2/c1-2-17-8-6-11(7-9-17)14-16-10-12-4-3-5-13(15(19)20)18(12)14/h3-5,10-11H,2,6-9H2,1H3,(H,19,20). The number of carbonyl (C=O) groups is 1. The fourth-order valence-electron chi connectivity index (χ4n) is 3.03. The van der Waals surface area contributed by atoms with Gasteiger partial charge in [-0.1, -0.05) is 13.0 Å². The molecule has 5 nitrogen and oxygen atoms in total. The lowest BCUT2D eigenvalue weighted by molar-refractivity contribution is 0.0688. The van der Waals surface area contributed by atoms with Gasteiger partial charge in [-0.3, -0.25) is 4.40 Å². The van der Waals surface area contributed by atoms with Crippen LogP contribution in [-0.2, 0) is 0 Å². The molecule has 20 heavy (non-hydrogen) atoms. The molecule has 0 radical (unpaired) electrons. The van der Waals surface area contributed by atoms with Gasteiger partial charge in [0.2, 0.25) is 0 Å². The second-order valence-electron chi connectivity index (χ2n) is 5.30. The Balaban J connectivity index is 1.98. The second-order valence-corrected chi connectivity index (χ2v) is 5.30. The van der Waals surface area contributed by atoms with Crippen LogP contribution in [0.15, 0.2) is 24.4 Å². The van der Waals surface area contributed by atoms with Crippen LogP contribution >= 0.6 is 0 Å². The lowest BCUT2D eigenvalue weighted by Gasteiger charge is -2.30. The normalized spacial score (nSPS) is 17.6. The number of imidazole rings is 1. The molecule has 1 saturated heterocycles. The fraction of sp³-hybridized carbons (Fsp3) is 0.467. The molecular formula is C15H19N3O2. The Morgan fingerprint density at radius 3 is 2.80 bits per heavy atom. The Hall–Kier alpha value is -1.88. The zero-order valence-electron chi connectivity index (χ0n) is 11.6. The SMILES string of the molecule is CCN1CCC(c2ncc3cccc(C(=O)O)n23)CC1. The van der Waals surface area contributed by atoms with Crippen molar-refractivity contribution in [2.45, 2.75) is 25.7 Å². The van der Waals surface area contributed by atoms with Crippen LogP contribution in [-0.4, -0.2) is 45.0 Å². The van der Waals surface area contributed by atoms with E-state index in [9.17, 15) is 9.90 Å². The molecule has 0 amide bonds. The number of fused-ring (bicyclic) bond motifs is 1. The van der Waals surface area contributed by atoms with E-state index in [4.69, 9.17) is 0 Å². The van der Waals surface area contributed by atoms with Gasteiger partial charge in [0.25, 0.3) is 0 Å². The van der Waals surface area contributed by atoms with Crippen LogP contribution in [0, 0.1) is 0 Å². The molecule has 3 rings (SSSR count). The molecule has 0 aliphatic carbocycles. The number of hydrogen-bond donors (Lipinski definition) is 1. The number of aromatic nitrogens is 2. The quantitative estimate of drug-likeness (QED) is 0.931. The molecule has 2 aromatic rings. The van der Waals surface area contributed by atoms with Crippen molar-refractivity contribution < 1.29 is 9.90 Å². The van der Waals surface area contributed by atoms with E-state index in [0.29, 0.717) is 11.6 Å². The Bertz CT molecular complexity index is 627. The predicted octanol–water partition coefficient (Wildman–Crippen LogP) is 2.23. The van der Waals surface area contributed by atoms with Gasteiger partial charge in [0, 0.05) is 5.92 Å². The minimum Gasteiger partial charge on any atom is -0.477 e. The highest BCUT2D eigenvalue weighted by Crippen LogP contribution is 2.28. The van der Waals surface area contributed by atoms with Gasteiger partial charge in [-0.25, -0.2) is 9.78 Å². The van der Waals surface area contributed by atoms with Crippen molar-refractivity contribution in [3.8, 4) is 0 Å². The van der Waals surface area contributed by atoms with E-state index in [1.807, 2.05) is 6.07 Å². The molecular weight excluding hydrogens is 254 g/mol. The number of likely N-dealkylation sites (tertiary alicyclic amines) is 1. The van der Waals surface area contributed by atoms with Crippen molar-refractivity contribution in [2.75, 3.05) is 19.6 Å². The third-order valence-electron chi connectivity index (χ3n) is 4.20. The molecule has 106 valence electrons. The van der Waals surface area contributed by atoms with Crippen molar-refractivity contribution in [1.82, 2.24) is 14.3 Å². The summed E-state index contributed by atoms with van der Waals surface area (Å²) in [5, 5.41) is 9.35. The third kappa shape index (κ3) is 2.18. The van der Waals surface area contributed by atoms with Gasteiger partial charge in [0.05, 0.1) is 11.7 Å². The zero-order chi connectivity index (χ0) is 14.1. The van der Waals surface area contributed by atoms with Crippen LogP contribution in [0.4, 0.5) is 0 Å². The largest absolute Gasteiger partial charge is 0.477 e. The van der Waals surface area contributed by atoms with E-state index in [2.05, 4.69) is 16.8 Å². The summed E-state index contributed by atoms with van der Waals surface area (Å²) in [5.74, 6) is 0.343. The molecule has 0 aromatic carbocycles. The molecule has 2 aromatic heterocycles. The number of aromatic carboxylic acids is 1. The van der Waals surface area contributed by atoms with Crippen LogP contribution in [0.25, 0.3) is 5.52 Å². The van der Waals surface area contributed by atoms with Crippen LogP contribution < -0.4 is 0 Å². The van der Waals surface area contributed by atoms with Gasteiger partial charge in [-0.05, 0) is 44.6 Å². The maximum absolute atomic E-state index is 11.4. The van der Waals surface area contributed by atoms with E-state index in [1.54, 1.807) is 22.7 Å². The number of pyridine rings is 1. The van der Waals surface area contributed by atoms with Gasteiger partial charge in [-0.15, -0.1) is 0 Å². The van der Waals surface area contributed by atoms with Crippen molar-refractivity contribution in [1.29, 1.82) is 0 Å². The Morgan fingerprint density at radius 2 is 2.15 bits per heavy atom. The van der Waals surface area contributed by atoms with Gasteiger partial charge >= 0.3 is 5.97 Å². The molecule has 0 spiro atoms. The first-order chi connectivity index (χ1) is 9.70. The maximum atomic E-state index is 11.4. The summed E-state index contributed by atoms with van der Waals surface area (Å²) in [6.45, 7) is 5.37. The minimum absolute atomic E-state index is 0.299. The van der Waals surface area contributed by atoms with Crippen LogP contribution in [0.1, 0.15) is 42.0 Å². The summed E-state index contributed by atoms with van der Waals surface area (Å²) >= 11 is 0. The van der Waals surface area contributed by atoms with Crippen molar-refractivity contribution in [3.05, 3.63) is 35.9 Å². The Labute approximate surface area is 117 Å². The van der Waals surface area contributed by atoms with Crippen molar-refractivity contribution in [3.63, 3.8) is 0 Å². The van der Waals surface area contributed by atoms with Crippen LogP contribution in [0.5, 0.6) is 0 Å². The average Bonchev–Trinajstić information content (AvgIpc) is 2.91. The maximum Gasteiger partial charge on any atom is 0.352 e. The highest BCUT2D eigenvalue weighted by molar-refractivity contribution is 5.86. The first-order valence-corrected chi connectivity index (χ1v) is 7.12. The molecule has 1 fully saturated rings. The second kappa shape index (κ2) is 5.25. The highest BCUT2D eigenvalue weighted by atomic mass is 16.4. The number of carboxylic acids is 1. The summed E-state index contributed by atoms with van der Waals surface area (Å²) in [7, 11) is 0. The number of piperidine rings is 1. The van der Waals surface area contributed by atoms with E-state index in [0.717, 1.165) is 43.8 Å². The minimum atomic E-state index is -0.902. The molecule has 5 heteroatoms. The Morgan fingerprint density at radius 1 is 1.40 bits per heavy atom. The summed E-state index contributed by atoms with van der Waals surface area (Å²) in [6, 6.07) is 5.32. The van der Waals surface area contributed by atoms with Crippen molar-refractivity contribution in [2.24, 2.45) is 0 Å². The Kier molecular flexibility index (Phi) is 3.44.